The number of rotatable bonds is 3. The number of benzene rings is 2. The third-order valence-electron chi connectivity index (χ3n) is 3.90. The maximum Gasteiger partial charge on any atom is 0.417 e. The van der Waals surface area contributed by atoms with Crippen LogP contribution >= 0.6 is 0 Å². The maximum atomic E-state index is 13.2. The number of nitrogens with two attached hydrogens (primary N) is 1. The molecule has 8 nitrogen and oxygen atoms in total. The van der Waals surface area contributed by atoms with Crippen molar-refractivity contribution in [1.82, 2.24) is 4.31 Å². The summed E-state index contributed by atoms with van der Waals surface area (Å²) in [5.74, 6) is 0. The molecular formula is C15H12F3N3O5S2. The van der Waals surface area contributed by atoms with Crippen molar-refractivity contribution in [2.24, 2.45) is 5.14 Å². The second-order valence-corrected chi connectivity index (χ2v) is 9.18. The zero-order valence-corrected chi connectivity index (χ0v) is 15.4. The van der Waals surface area contributed by atoms with Crippen molar-refractivity contribution in [2.45, 2.75) is 22.5 Å². The molecule has 3 N–H and O–H groups in total. The van der Waals surface area contributed by atoms with Gasteiger partial charge in [0.15, 0.2) is 0 Å². The summed E-state index contributed by atoms with van der Waals surface area (Å²) in [6.07, 6.45) is -5.15. The SMILES string of the molecule is NS(=O)(=O)c1cc2c(cc1C(F)(F)F)NC(=O)N(Cc1ccccc1)S2(=O)=O. The van der Waals surface area contributed by atoms with Crippen molar-refractivity contribution < 1.29 is 34.8 Å². The molecule has 0 aromatic heterocycles. The average Bonchev–Trinajstić information content (AvgIpc) is 2.57. The Morgan fingerprint density at radius 3 is 2.25 bits per heavy atom. The van der Waals surface area contributed by atoms with Crippen LogP contribution in [-0.4, -0.2) is 27.2 Å². The van der Waals surface area contributed by atoms with Crippen LogP contribution in [0.25, 0.3) is 0 Å². The molecule has 0 saturated carbocycles. The van der Waals surface area contributed by atoms with Crippen molar-refractivity contribution in [1.29, 1.82) is 0 Å². The van der Waals surface area contributed by atoms with Gasteiger partial charge in [0.25, 0.3) is 10.0 Å². The Hall–Kier alpha value is -2.64. The number of hydrogen-bond donors (Lipinski definition) is 2. The molecule has 0 aliphatic carbocycles. The van der Waals surface area contributed by atoms with Crippen LogP contribution in [-0.2, 0) is 32.8 Å². The molecule has 28 heavy (non-hydrogen) atoms. The largest absolute Gasteiger partial charge is 0.417 e. The molecule has 0 unspecified atom stereocenters. The molecule has 0 saturated heterocycles. The van der Waals surface area contributed by atoms with Crippen molar-refractivity contribution >= 4 is 31.8 Å². The zero-order chi connectivity index (χ0) is 20.9. The van der Waals surface area contributed by atoms with Crippen LogP contribution in [0.2, 0.25) is 0 Å². The highest BCUT2D eigenvalue weighted by atomic mass is 32.2. The molecular weight excluding hydrogens is 423 g/mol. The van der Waals surface area contributed by atoms with Gasteiger partial charge in [0, 0.05) is 0 Å². The van der Waals surface area contributed by atoms with Crippen LogP contribution < -0.4 is 10.5 Å². The Kier molecular flexibility index (Phi) is 4.64. The number of carbonyl (C=O) groups is 1. The summed E-state index contributed by atoms with van der Waals surface area (Å²) in [6, 6.07) is 7.33. The average molecular weight is 435 g/mol. The first-order valence-corrected chi connectivity index (χ1v) is 10.5. The van der Waals surface area contributed by atoms with Gasteiger partial charge < -0.3 is 5.32 Å². The number of alkyl halides is 3. The van der Waals surface area contributed by atoms with E-state index in [-0.39, 0.29) is 6.07 Å². The minimum atomic E-state index is -5.15. The second kappa shape index (κ2) is 6.46. The molecule has 3 rings (SSSR count). The first-order valence-electron chi connectivity index (χ1n) is 7.47. The van der Waals surface area contributed by atoms with Gasteiger partial charge in [-0.15, -0.1) is 0 Å². The number of urea groups is 1. The number of carbonyl (C=O) groups excluding carboxylic acids is 1. The first kappa shape index (κ1) is 20.1. The Labute approximate surface area is 157 Å². The Balaban J connectivity index is 2.20. The van der Waals surface area contributed by atoms with E-state index in [0.29, 0.717) is 15.9 Å². The van der Waals surface area contributed by atoms with Gasteiger partial charge in [0.2, 0.25) is 10.0 Å². The van der Waals surface area contributed by atoms with Crippen LogP contribution in [0.1, 0.15) is 11.1 Å². The molecule has 1 aliphatic heterocycles. The molecule has 0 radical (unpaired) electrons. The van der Waals surface area contributed by atoms with Crippen LogP contribution in [0.3, 0.4) is 0 Å². The summed E-state index contributed by atoms with van der Waals surface area (Å²) in [7, 11) is -9.55. The van der Waals surface area contributed by atoms with E-state index in [2.05, 4.69) is 0 Å². The topological polar surface area (TPSA) is 127 Å². The monoisotopic (exact) mass is 435 g/mol. The molecule has 2 amide bonds. The van der Waals surface area contributed by atoms with Crippen molar-refractivity contribution in [3.05, 3.63) is 53.6 Å². The van der Waals surface area contributed by atoms with Crippen LogP contribution in [0.5, 0.6) is 0 Å². The van der Waals surface area contributed by atoms with E-state index in [1.54, 1.807) is 30.3 Å². The van der Waals surface area contributed by atoms with Gasteiger partial charge >= 0.3 is 12.2 Å². The number of anilines is 1. The molecule has 2 aromatic carbocycles. The number of amides is 2. The third-order valence-corrected chi connectivity index (χ3v) is 6.62. The molecule has 1 heterocycles. The molecule has 13 heteroatoms. The predicted octanol–water partition coefficient (Wildman–Crippen LogP) is 2.09. The summed E-state index contributed by atoms with van der Waals surface area (Å²) in [5, 5.41) is 6.89. The highest BCUT2D eigenvalue weighted by Crippen LogP contribution is 2.40. The number of nitrogens with one attached hydrogen (secondary N) is 1. The Bertz CT molecular complexity index is 1160. The van der Waals surface area contributed by atoms with E-state index in [9.17, 15) is 34.8 Å². The van der Waals surface area contributed by atoms with Gasteiger partial charge in [-0.25, -0.2) is 31.1 Å². The fourth-order valence-corrected chi connectivity index (χ4v) is 4.95. The standard InChI is InChI=1S/C15H12F3N3O5S2/c16-15(17,18)10-6-11-13(7-12(10)27(19,23)24)28(25,26)21(14(22)20-11)8-9-4-2-1-3-5-9/h1-7H,8H2,(H,20,22)(H2,19,23,24). The van der Waals surface area contributed by atoms with E-state index in [4.69, 9.17) is 5.14 Å². The minimum Gasteiger partial charge on any atom is -0.306 e. The first-order chi connectivity index (χ1) is 12.8. The fraction of sp³-hybridized carbons (Fsp3) is 0.133. The molecule has 2 aromatic rings. The highest BCUT2D eigenvalue weighted by molar-refractivity contribution is 7.90. The van der Waals surface area contributed by atoms with Gasteiger partial charge in [-0.3, -0.25) is 0 Å². The molecule has 0 fully saturated rings. The normalized spacial score (nSPS) is 16.4. The van der Waals surface area contributed by atoms with Crippen LogP contribution in [0.4, 0.5) is 23.7 Å². The van der Waals surface area contributed by atoms with Crippen LogP contribution in [0.15, 0.2) is 52.3 Å². The van der Waals surface area contributed by atoms with Crippen molar-refractivity contribution in [2.75, 3.05) is 5.32 Å². The molecule has 1 aliphatic rings. The zero-order valence-electron chi connectivity index (χ0n) is 13.8. The van der Waals surface area contributed by atoms with Gasteiger partial charge in [-0.1, -0.05) is 30.3 Å². The van der Waals surface area contributed by atoms with E-state index in [0.717, 1.165) is 0 Å². The fourth-order valence-electron chi connectivity index (χ4n) is 2.64. The number of halogens is 3. The number of primary sulfonamides is 1. The lowest BCUT2D eigenvalue weighted by Crippen LogP contribution is -2.43. The lowest BCUT2D eigenvalue weighted by Gasteiger charge is -2.29. The number of nitrogens with zero attached hydrogens (tertiary/aromatic N) is 1. The quantitative estimate of drug-likeness (QED) is 0.763. The van der Waals surface area contributed by atoms with Gasteiger partial charge in [0.05, 0.1) is 22.7 Å². The van der Waals surface area contributed by atoms with Gasteiger partial charge in [-0.2, -0.15) is 13.2 Å². The Morgan fingerprint density at radius 1 is 1.11 bits per heavy atom. The molecule has 0 atom stereocenters. The van der Waals surface area contributed by atoms with Crippen molar-refractivity contribution in [3.8, 4) is 0 Å². The summed E-state index contributed by atoms with van der Waals surface area (Å²) in [6.45, 7) is -0.403. The Morgan fingerprint density at radius 2 is 1.71 bits per heavy atom. The highest BCUT2D eigenvalue weighted by Gasteiger charge is 2.43. The smallest absolute Gasteiger partial charge is 0.306 e. The predicted molar refractivity (Wildman–Crippen MR) is 91.0 cm³/mol. The molecule has 150 valence electrons. The summed E-state index contributed by atoms with van der Waals surface area (Å²) >= 11 is 0. The summed E-state index contributed by atoms with van der Waals surface area (Å²) in [5.41, 5.74) is -1.93. The van der Waals surface area contributed by atoms with Crippen LogP contribution in [0, 0.1) is 0 Å². The van der Waals surface area contributed by atoms with E-state index >= 15 is 0 Å². The maximum absolute atomic E-state index is 13.2. The lowest BCUT2D eigenvalue weighted by molar-refractivity contribution is -0.139. The van der Waals surface area contributed by atoms with E-state index < -0.39 is 59.8 Å². The second-order valence-electron chi connectivity index (χ2n) is 5.81. The minimum absolute atomic E-state index is 0.240. The van der Waals surface area contributed by atoms with Crippen molar-refractivity contribution in [3.63, 3.8) is 0 Å². The molecule has 0 spiro atoms. The number of hydrogen-bond acceptors (Lipinski definition) is 5. The van der Waals surface area contributed by atoms with E-state index in [1.807, 2.05) is 5.32 Å². The van der Waals surface area contributed by atoms with Gasteiger partial charge in [0.1, 0.15) is 4.90 Å². The summed E-state index contributed by atoms with van der Waals surface area (Å²) < 4.78 is 88.9. The third kappa shape index (κ3) is 3.55. The number of fused-ring (bicyclic) bond motifs is 1. The van der Waals surface area contributed by atoms with E-state index in [1.165, 1.54) is 0 Å². The molecule has 0 bridgehead atoms. The summed E-state index contributed by atoms with van der Waals surface area (Å²) in [4.78, 5) is 10.0. The number of sulfonamides is 2. The van der Waals surface area contributed by atoms with Gasteiger partial charge in [-0.05, 0) is 17.7 Å². The lowest BCUT2D eigenvalue weighted by atomic mass is 10.2.